The third-order valence-electron chi connectivity index (χ3n) is 3.10. The van der Waals surface area contributed by atoms with Gasteiger partial charge in [-0.1, -0.05) is 12.2 Å². The Morgan fingerprint density at radius 3 is 3.00 bits per heavy atom. The van der Waals surface area contributed by atoms with Crippen LogP contribution in [0.15, 0.2) is 12.2 Å². The standard InChI is InChI=1S/C10H12O2/c11-6-5-10-3-1-8(2-4-10)7-9(10)12/h1,3,6,8H,2,4-5,7H2. The maximum atomic E-state index is 11.6. The van der Waals surface area contributed by atoms with Crippen molar-refractivity contribution in [3.8, 4) is 0 Å². The Morgan fingerprint density at radius 2 is 2.50 bits per heavy atom. The fourth-order valence-corrected chi connectivity index (χ4v) is 2.22. The molecule has 0 aliphatic heterocycles. The summed E-state index contributed by atoms with van der Waals surface area (Å²) in [5, 5.41) is 0. The lowest BCUT2D eigenvalue weighted by molar-refractivity contribution is -0.132. The lowest BCUT2D eigenvalue weighted by Crippen LogP contribution is -2.39. The lowest BCUT2D eigenvalue weighted by Gasteiger charge is -2.39. The first kappa shape index (κ1) is 7.71. The molecule has 0 N–H and O–H groups in total. The number of aldehydes is 1. The van der Waals surface area contributed by atoms with Crippen LogP contribution in [0.25, 0.3) is 0 Å². The highest BCUT2D eigenvalue weighted by atomic mass is 16.1. The molecule has 2 heteroatoms. The van der Waals surface area contributed by atoms with Gasteiger partial charge in [0.1, 0.15) is 12.1 Å². The highest BCUT2D eigenvalue weighted by Crippen LogP contribution is 2.44. The summed E-state index contributed by atoms with van der Waals surface area (Å²) >= 11 is 0. The third-order valence-corrected chi connectivity index (χ3v) is 3.10. The Kier molecular flexibility index (Phi) is 1.63. The SMILES string of the molecule is O=CCC12C=CC(CC1)CC2=O. The summed E-state index contributed by atoms with van der Waals surface area (Å²) in [6.07, 6.45) is 7.94. The fraction of sp³-hybridized carbons (Fsp3) is 0.600. The number of ketones is 1. The second kappa shape index (κ2) is 2.54. The molecule has 2 nitrogen and oxygen atoms in total. The summed E-state index contributed by atoms with van der Waals surface area (Å²) in [5.41, 5.74) is -0.392. The van der Waals surface area contributed by atoms with Gasteiger partial charge in [-0.25, -0.2) is 0 Å². The van der Waals surface area contributed by atoms with E-state index in [2.05, 4.69) is 6.08 Å². The quantitative estimate of drug-likeness (QED) is 0.458. The van der Waals surface area contributed by atoms with Gasteiger partial charge in [-0.2, -0.15) is 0 Å². The minimum atomic E-state index is -0.392. The van der Waals surface area contributed by atoms with E-state index in [-0.39, 0.29) is 5.78 Å². The zero-order valence-electron chi connectivity index (χ0n) is 6.95. The average molecular weight is 164 g/mol. The van der Waals surface area contributed by atoms with Gasteiger partial charge < -0.3 is 4.79 Å². The molecule has 1 saturated carbocycles. The molecule has 0 aromatic carbocycles. The van der Waals surface area contributed by atoms with Crippen LogP contribution in [0.2, 0.25) is 0 Å². The zero-order valence-corrected chi connectivity index (χ0v) is 6.95. The molecule has 64 valence electrons. The number of Topliss-reactive ketones (excluding diaryl/α,β-unsaturated/α-hetero) is 1. The van der Waals surface area contributed by atoms with Crippen molar-refractivity contribution in [2.24, 2.45) is 11.3 Å². The van der Waals surface area contributed by atoms with E-state index < -0.39 is 5.41 Å². The molecule has 2 bridgehead atoms. The zero-order chi connectivity index (χ0) is 8.60. The van der Waals surface area contributed by atoms with Crippen molar-refractivity contribution < 1.29 is 9.59 Å². The van der Waals surface area contributed by atoms with E-state index in [1.54, 1.807) is 0 Å². The smallest absolute Gasteiger partial charge is 0.143 e. The average Bonchev–Trinajstić information content (AvgIpc) is 2.08. The van der Waals surface area contributed by atoms with Gasteiger partial charge in [0, 0.05) is 12.8 Å². The largest absolute Gasteiger partial charge is 0.303 e. The van der Waals surface area contributed by atoms with Crippen molar-refractivity contribution in [3.05, 3.63) is 12.2 Å². The van der Waals surface area contributed by atoms with Crippen molar-refractivity contribution in [2.75, 3.05) is 0 Å². The Labute approximate surface area is 71.6 Å². The monoisotopic (exact) mass is 164 g/mol. The van der Waals surface area contributed by atoms with Crippen LogP contribution >= 0.6 is 0 Å². The predicted molar refractivity (Wildman–Crippen MR) is 44.6 cm³/mol. The molecule has 3 aliphatic carbocycles. The van der Waals surface area contributed by atoms with Crippen LogP contribution in [0, 0.1) is 11.3 Å². The van der Waals surface area contributed by atoms with Crippen LogP contribution in [0.1, 0.15) is 25.7 Å². The Hall–Kier alpha value is -0.920. The molecule has 12 heavy (non-hydrogen) atoms. The van der Waals surface area contributed by atoms with E-state index in [1.807, 2.05) is 6.08 Å². The Morgan fingerprint density at radius 1 is 1.67 bits per heavy atom. The first-order valence-electron chi connectivity index (χ1n) is 4.43. The van der Waals surface area contributed by atoms with Crippen LogP contribution < -0.4 is 0 Å². The maximum Gasteiger partial charge on any atom is 0.143 e. The molecular weight excluding hydrogens is 152 g/mol. The molecule has 1 fully saturated rings. The predicted octanol–water partition coefficient (Wildman–Crippen LogP) is 1.50. The summed E-state index contributed by atoms with van der Waals surface area (Å²) in [6.45, 7) is 0. The summed E-state index contributed by atoms with van der Waals surface area (Å²) in [4.78, 5) is 22.0. The van der Waals surface area contributed by atoms with Crippen LogP contribution in [0.5, 0.6) is 0 Å². The van der Waals surface area contributed by atoms with E-state index in [9.17, 15) is 9.59 Å². The lowest BCUT2D eigenvalue weighted by atomic mass is 9.63. The molecule has 0 radical (unpaired) electrons. The molecule has 2 atom stereocenters. The van der Waals surface area contributed by atoms with Crippen molar-refractivity contribution in [1.29, 1.82) is 0 Å². The molecule has 0 amide bonds. The van der Waals surface area contributed by atoms with Gasteiger partial charge in [-0.05, 0) is 18.8 Å². The molecule has 0 aromatic rings. The number of rotatable bonds is 2. The topological polar surface area (TPSA) is 34.1 Å². The molecule has 0 saturated heterocycles. The van der Waals surface area contributed by atoms with Gasteiger partial charge in [0.25, 0.3) is 0 Å². The van der Waals surface area contributed by atoms with Crippen molar-refractivity contribution >= 4 is 12.1 Å². The number of allylic oxidation sites excluding steroid dienone is 2. The minimum absolute atomic E-state index is 0.272. The molecule has 0 spiro atoms. The van der Waals surface area contributed by atoms with Crippen LogP contribution in [-0.2, 0) is 9.59 Å². The number of hydrogen-bond acceptors (Lipinski definition) is 2. The molecular formula is C10H12O2. The van der Waals surface area contributed by atoms with Gasteiger partial charge in [0.2, 0.25) is 0 Å². The fourth-order valence-electron chi connectivity index (χ4n) is 2.22. The highest BCUT2D eigenvalue weighted by molar-refractivity contribution is 5.91. The van der Waals surface area contributed by atoms with E-state index in [0.29, 0.717) is 18.8 Å². The van der Waals surface area contributed by atoms with Gasteiger partial charge >= 0.3 is 0 Å². The Balaban J connectivity index is 2.31. The van der Waals surface area contributed by atoms with E-state index in [4.69, 9.17) is 0 Å². The third kappa shape index (κ3) is 0.942. The van der Waals surface area contributed by atoms with Gasteiger partial charge in [-0.3, -0.25) is 4.79 Å². The van der Waals surface area contributed by atoms with E-state index >= 15 is 0 Å². The van der Waals surface area contributed by atoms with E-state index in [1.165, 1.54) is 0 Å². The van der Waals surface area contributed by atoms with Crippen molar-refractivity contribution in [3.63, 3.8) is 0 Å². The molecule has 2 unspecified atom stereocenters. The van der Waals surface area contributed by atoms with E-state index in [0.717, 1.165) is 19.1 Å². The van der Waals surface area contributed by atoms with Crippen molar-refractivity contribution in [2.45, 2.75) is 25.7 Å². The number of carbonyl (C=O) groups excluding carboxylic acids is 2. The summed E-state index contributed by atoms with van der Waals surface area (Å²) in [7, 11) is 0. The maximum absolute atomic E-state index is 11.6. The number of carbonyl (C=O) groups is 2. The second-order valence-electron chi connectivity index (χ2n) is 3.81. The highest BCUT2D eigenvalue weighted by Gasteiger charge is 2.43. The number of hydrogen-bond donors (Lipinski definition) is 0. The summed E-state index contributed by atoms with van der Waals surface area (Å²) < 4.78 is 0. The normalized spacial score (nSPS) is 38.7. The summed E-state index contributed by atoms with van der Waals surface area (Å²) in [6, 6.07) is 0. The van der Waals surface area contributed by atoms with Crippen molar-refractivity contribution in [1.82, 2.24) is 0 Å². The van der Waals surface area contributed by atoms with Crippen LogP contribution in [0.3, 0.4) is 0 Å². The molecule has 3 aliphatic rings. The van der Waals surface area contributed by atoms with Crippen LogP contribution in [-0.4, -0.2) is 12.1 Å². The first-order valence-corrected chi connectivity index (χ1v) is 4.43. The molecule has 0 aromatic heterocycles. The molecule has 3 rings (SSSR count). The number of fused-ring (bicyclic) bond motifs is 2. The van der Waals surface area contributed by atoms with Gasteiger partial charge in [0.05, 0.1) is 5.41 Å². The molecule has 0 heterocycles. The second-order valence-corrected chi connectivity index (χ2v) is 3.81. The minimum Gasteiger partial charge on any atom is -0.303 e. The van der Waals surface area contributed by atoms with Crippen LogP contribution in [0.4, 0.5) is 0 Å². The van der Waals surface area contributed by atoms with Gasteiger partial charge in [0.15, 0.2) is 0 Å². The first-order chi connectivity index (χ1) is 5.77. The Bertz CT molecular complexity index is 255. The summed E-state index contributed by atoms with van der Waals surface area (Å²) in [5.74, 6) is 0.736. The van der Waals surface area contributed by atoms with Gasteiger partial charge in [-0.15, -0.1) is 0 Å².